The number of halogens is 1. The van der Waals surface area contributed by atoms with Crippen molar-refractivity contribution < 1.29 is 9.53 Å². The Labute approximate surface area is 226 Å². The molecule has 0 aliphatic rings. The molecule has 2 heterocycles. The Hall–Kier alpha value is -3.21. The molecule has 2 aromatic carbocycles. The normalized spacial score (nSPS) is 12.0. The second kappa shape index (κ2) is 12.8. The molecule has 0 radical (unpaired) electrons. The van der Waals surface area contributed by atoms with Crippen LogP contribution in [0.1, 0.15) is 36.8 Å². The van der Waals surface area contributed by atoms with Gasteiger partial charge in [0, 0.05) is 24.3 Å². The van der Waals surface area contributed by atoms with Crippen LogP contribution in [0.3, 0.4) is 0 Å². The summed E-state index contributed by atoms with van der Waals surface area (Å²) in [6, 6.07) is 15.8. The molecule has 2 aromatic heterocycles. The topological polar surface area (TPSA) is 111 Å². The maximum Gasteiger partial charge on any atom is 0.324 e. The average Bonchev–Trinajstić information content (AvgIpc) is 3.56. The number of aromatic amines is 1. The van der Waals surface area contributed by atoms with Gasteiger partial charge in [0.05, 0.1) is 5.69 Å². The first kappa shape index (κ1) is 26.8. The Morgan fingerprint density at radius 1 is 1.19 bits per heavy atom. The Balaban J connectivity index is 1.58. The van der Waals surface area contributed by atoms with Crippen LogP contribution in [-0.4, -0.2) is 55.0 Å². The second-order valence-electron chi connectivity index (χ2n) is 8.56. The molecule has 0 fully saturated rings. The van der Waals surface area contributed by atoms with Crippen molar-refractivity contribution in [3.8, 4) is 22.5 Å². The second-order valence-corrected chi connectivity index (χ2v) is 9.29. The number of rotatable bonds is 12. The van der Waals surface area contributed by atoms with Gasteiger partial charge in [-0.1, -0.05) is 73.5 Å². The molecule has 0 aliphatic carbocycles. The minimum absolute atomic E-state index is 0.0406. The number of aryl methyl sites for hydroxylation is 1. The SMILES string of the molecule is CCCCc1nc(Cl)c(COC(=O)[C@H](CS)NC)n1Cc1ccc(-c2ccccc2-c2nn[nH]n2)cc1. The molecular formula is C26H30ClN7O2S. The standard InChI is InChI=1S/C26H30ClN7O2S/c1-3-4-9-23-29-24(27)22(15-36-26(35)21(16-37)28-2)34(23)14-17-10-12-18(13-11-17)19-7-5-6-8-20(19)25-30-32-33-31-25/h5-8,10-13,21,28,37H,3-4,9,14-16H2,1-2H3,(H,30,31,32,33)/t21-/m0/s1. The van der Waals surface area contributed by atoms with Gasteiger partial charge in [-0.05, 0) is 35.4 Å². The van der Waals surface area contributed by atoms with Gasteiger partial charge in [0.2, 0.25) is 5.82 Å². The number of likely N-dealkylation sites (N-methyl/N-ethyl adjacent to an activating group) is 1. The Morgan fingerprint density at radius 3 is 2.59 bits per heavy atom. The number of nitrogens with one attached hydrogen (secondary N) is 2. The number of ether oxygens (including phenoxy) is 1. The van der Waals surface area contributed by atoms with E-state index in [1.54, 1.807) is 7.05 Å². The summed E-state index contributed by atoms with van der Waals surface area (Å²) in [5, 5.41) is 17.7. The van der Waals surface area contributed by atoms with Gasteiger partial charge < -0.3 is 14.6 Å². The highest BCUT2D eigenvalue weighted by atomic mass is 35.5. The van der Waals surface area contributed by atoms with Crippen molar-refractivity contribution >= 4 is 30.2 Å². The Bertz CT molecular complexity index is 1310. The maximum absolute atomic E-state index is 12.4. The number of hydrogen-bond acceptors (Lipinski definition) is 8. The first-order valence-corrected chi connectivity index (χ1v) is 13.2. The van der Waals surface area contributed by atoms with Crippen LogP contribution in [0, 0.1) is 0 Å². The summed E-state index contributed by atoms with van der Waals surface area (Å²) in [5.74, 6) is 1.39. The fraction of sp³-hybridized carbons (Fsp3) is 0.346. The number of esters is 1. The predicted molar refractivity (Wildman–Crippen MR) is 146 cm³/mol. The van der Waals surface area contributed by atoms with Gasteiger partial charge in [-0.25, -0.2) is 4.98 Å². The molecule has 4 aromatic rings. The number of carbonyl (C=O) groups excluding carboxylic acids is 1. The number of nitrogens with zero attached hydrogens (tertiary/aromatic N) is 5. The van der Waals surface area contributed by atoms with Gasteiger partial charge in [-0.15, -0.1) is 10.2 Å². The smallest absolute Gasteiger partial charge is 0.324 e. The molecule has 0 saturated heterocycles. The van der Waals surface area contributed by atoms with Crippen molar-refractivity contribution in [2.75, 3.05) is 12.8 Å². The van der Waals surface area contributed by atoms with Gasteiger partial charge in [0.25, 0.3) is 0 Å². The van der Waals surface area contributed by atoms with Gasteiger partial charge in [0.1, 0.15) is 18.5 Å². The number of carbonyl (C=O) groups is 1. The van der Waals surface area contributed by atoms with Crippen molar-refractivity contribution in [3.63, 3.8) is 0 Å². The van der Waals surface area contributed by atoms with Crippen LogP contribution in [-0.2, 0) is 29.1 Å². The summed E-state index contributed by atoms with van der Waals surface area (Å²) in [4.78, 5) is 17.0. The summed E-state index contributed by atoms with van der Waals surface area (Å²) in [5.41, 5.74) is 4.71. The first-order valence-electron chi connectivity index (χ1n) is 12.2. The molecule has 1 atom stereocenters. The number of unbranched alkanes of at least 4 members (excludes halogenated alkanes) is 1. The van der Waals surface area contributed by atoms with E-state index in [-0.39, 0.29) is 12.6 Å². The largest absolute Gasteiger partial charge is 0.458 e. The number of hydrogen-bond donors (Lipinski definition) is 3. The molecule has 0 amide bonds. The fourth-order valence-corrected chi connectivity index (χ4v) is 4.64. The molecule has 194 valence electrons. The lowest BCUT2D eigenvalue weighted by atomic mass is 9.98. The molecule has 0 spiro atoms. The summed E-state index contributed by atoms with van der Waals surface area (Å²) in [6.45, 7) is 2.73. The van der Waals surface area contributed by atoms with Crippen molar-refractivity contribution in [1.82, 2.24) is 35.5 Å². The number of thiol groups is 1. The van der Waals surface area contributed by atoms with Crippen LogP contribution in [0.5, 0.6) is 0 Å². The van der Waals surface area contributed by atoms with Crippen LogP contribution in [0.2, 0.25) is 5.15 Å². The van der Waals surface area contributed by atoms with Crippen LogP contribution in [0.15, 0.2) is 48.5 Å². The molecule has 0 saturated carbocycles. The first-order chi connectivity index (χ1) is 18.0. The maximum atomic E-state index is 12.4. The van der Waals surface area contributed by atoms with E-state index in [2.05, 4.69) is 79.3 Å². The molecule has 0 bridgehead atoms. The van der Waals surface area contributed by atoms with Gasteiger partial charge in [-0.3, -0.25) is 4.79 Å². The van der Waals surface area contributed by atoms with Crippen molar-refractivity contribution in [2.24, 2.45) is 0 Å². The molecule has 0 unspecified atom stereocenters. The highest BCUT2D eigenvalue weighted by Crippen LogP contribution is 2.30. The van der Waals surface area contributed by atoms with E-state index in [0.717, 1.165) is 47.3 Å². The lowest BCUT2D eigenvalue weighted by Gasteiger charge is -2.16. The van der Waals surface area contributed by atoms with E-state index < -0.39 is 6.04 Å². The summed E-state index contributed by atoms with van der Waals surface area (Å²) >= 11 is 10.7. The Morgan fingerprint density at radius 2 is 1.95 bits per heavy atom. The third-order valence-corrected chi connectivity index (χ3v) is 6.81. The van der Waals surface area contributed by atoms with Crippen molar-refractivity contribution in [1.29, 1.82) is 0 Å². The minimum atomic E-state index is -0.485. The lowest BCUT2D eigenvalue weighted by Crippen LogP contribution is -2.37. The van der Waals surface area contributed by atoms with Crippen LogP contribution >= 0.6 is 24.2 Å². The number of H-pyrrole nitrogens is 1. The van der Waals surface area contributed by atoms with E-state index in [9.17, 15) is 4.79 Å². The molecule has 4 rings (SSSR count). The number of tetrazole rings is 1. The van der Waals surface area contributed by atoms with E-state index in [4.69, 9.17) is 16.3 Å². The van der Waals surface area contributed by atoms with E-state index in [1.165, 1.54) is 0 Å². The molecular weight excluding hydrogens is 510 g/mol. The van der Waals surface area contributed by atoms with E-state index in [0.29, 0.717) is 29.0 Å². The highest BCUT2D eigenvalue weighted by molar-refractivity contribution is 7.80. The molecule has 11 heteroatoms. The zero-order valence-corrected chi connectivity index (χ0v) is 22.5. The fourth-order valence-electron chi connectivity index (χ4n) is 4.06. The molecule has 37 heavy (non-hydrogen) atoms. The van der Waals surface area contributed by atoms with E-state index >= 15 is 0 Å². The monoisotopic (exact) mass is 539 g/mol. The summed E-state index contributed by atoms with van der Waals surface area (Å²) in [6.07, 6.45) is 2.81. The van der Waals surface area contributed by atoms with Gasteiger partial charge >= 0.3 is 5.97 Å². The molecule has 2 N–H and O–H groups in total. The lowest BCUT2D eigenvalue weighted by molar-refractivity contribution is -0.146. The van der Waals surface area contributed by atoms with Crippen molar-refractivity contribution in [3.05, 3.63) is 70.8 Å². The number of aromatic nitrogens is 6. The zero-order chi connectivity index (χ0) is 26.2. The Kier molecular flexibility index (Phi) is 9.32. The summed E-state index contributed by atoms with van der Waals surface area (Å²) in [7, 11) is 1.70. The molecule has 9 nitrogen and oxygen atoms in total. The van der Waals surface area contributed by atoms with Crippen LogP contribution in [0.25, 0.3) is 22.5 Å². The number of benzene rings is 2. The third-order valence-electron chi connectivity index (χ3n) is 6.14. The summed E-state index contributed by atoms with van der Waals surface area (Å²) < 4.78 is 7.62. The third kappa shape index (κ3) is 6.38. The van der Waals surface area contributed by atoms with Gasteiger partial charge in [-0.2, -0.15) is 17.8 Å². The minimum Gasteiger partial charge on any atom is -0.458 e. The van der Waals surface area contributed by atoms with E-state index in [1.807, 2.05) is 24.3 Å². The van der Waals surface area contributed by atoms with Crippen LogP contribution in [0.4, 0.5) is 0 Å². The number of imidazole rings is 1. The predicted octanol–water partition coefficient (Wildman–Crippen LogP) is 4.34. The van der Waals surface area contributed by atoms with Gasteiger partial charge in [0.15, 0.2) is 5.15 Å². The quantitative estimate of drug-likeness (QED) is 0.181. The van der Waals surface area contributed by atoms with Crippen LogP contribution < -0.4 is 5.32 Å². The highest BCUT2D eigenvalue weighted by Gasteiger charge is 2.21. The average molecular weight is 540 g/mol. The zero-order valence-electron chi connectivity index (χ0n) is 20.8. The van der Waals surface area contributed by atoms with Crippen molar-refractivity contribution in [2.45, 2.75) is 45.4 Å². The molecule has 0 aliphatic heterocycles.